The summed E-state index contributed by atoms with van der Waals surface area (Å²) >= 11 is 5.78. The third-order valence-electron chi connectivity index (χ3n) is 2.92. The van der Waals surface area contributed by atoms with Crippen LogP contribution < -0.4 is 11.1 Å². The molecule has 2 rings (SSSR count). The number of carbonyl (C=O) groups is 1. The van der Waals surface area contributed by atoms with Gasteiger partial charge in [-0.05, 0) is 37.1 Å². The summed E-state index contributed by atoms with van der Waals surface area (Å²) in [6, 6.07) is 7.24. The van der Waals surface area contributed by atoms with E-state index in [0.29, 0.717) is 5.02 Å². The Morgan fingerprint density at radius 1 is 1.29 bits per heavy atom. The van der Waals surface area contributed by atoms with Crippen LogP contribution >= 0.6 is 11.6 Å². The zero-order chi connectivity index (χ0) is 12.3. The number of carbonyl (C=O) groups excluding carboxylic acids is 1. The number of likely N-dealkylation sites (tertiary alicyclic amines) is 1. The summed E-state index contributed by atoms with van der Waals surface area (Å²) in [6.45, 7) is 1.45. The lowest BCUT2D eigenvalue weighted by Gasteiger charge is -2.30. The minimum absolute atomic E-state index is 0.0702. The van der Waals surface area contributed by atoms with Gasteiger partial charge in [0.05, 0.1) is 0 Å². The van der Waals surface area contributed by atoms with Crippen molar-refractivity contribution in [1.82, 2.24) is 4.90 Å². The highest BCUT2D eigenvalue weighted by Crippen LogP contribution is 2.15. The number of nitrogens with zero attached hydrogens (tertiary/aromatic N) is 1. The minimum Gasteiger partial charge on any atom is -0.328 e. The average Bonchev–Trinajstić information content (AvgIpc) is 2.33. The maximum atomic E-state index is 11.9. The number of hydrogen-bond acceptors (Lipinski definition) is 2. The van der Waals surface area contributed by atoms with Crippen molar-refractivity contribution in [1.29, 1.82) is 0 Å². The summed E-state index contributed by atoms with van der Waals surface area (Å²) in [4.78, 5) is 13.7. The Bertz CT molecular complexity index is 385. The zero-order valence-corrected chi connectivity index (χ0v) is 10.3. The van der Waals surface area contributed by atoms with Gasteiger partial charge in [-0.1, -0.05) is 11.6 Å². The van der Waals surface area contributed by atoms with Gasteiger partial charge < -0.3 is 16.0 Å². The Hall–Kier alpha value is -1.26. The van der Waals surface area contributed by atoms with E-state index < -0.39 is 0 Å². The molecule has 2 amide bonds. The van der Waals surface area contributed by atoms with E-state index in [4.69, 9.17) is 17.3 Å². The molecule has 5 heteroatoms. The molecule has 0 aromatic heterocycles. The second kappa shape index (κ2) is 5.38. The van der Waals surface area contributed by atoms with Crippen LogP contribution in [0.15, 0.2) is 24.3 Å². The van der Waals surface area contributed by atoms with Gasteiger partial charge >= 0.3 is 6.03 Å². The van der Waals surface area contributed by atoms with Crippen LogP contribution in [-0.2, 0) is 0 Å². The normalized spacial score (nSPS) is 16.9. The number of hydrogen-bond donors (Lipinski definition) is 2. The molecule has 0 bridgehead atoms. The summed E-state index contributed by atoms with van der Waals surface area (Å²) in [5, 5.41) is 3.50. The quantitative estimate of drug-likeness (QED) is 0.807. The molecule has 4 nitrogen and oxygen atoms in total. The molecule has 1 heterocycles. The highest BCUT2D eigenvalue weighted by molar-refractivity contribution is 6.30. The molecule has 0 radical (unpaired) electrons. The van der Waals surface area contributed by atoms with E-state index >= 15 is 0 Å². The van der Waals surface area contributed by atoms with E-state index in [0.717, 1.165) is 31.6 Å². The van der Waals surface area contributed by atoms with Crippen LogP contribution in [0.2, 0.25) is 5.02 Å². The van der Waals surface area contributed by atoms with E-state index in [1.54, 1.807) is 29.2 Å². The van der Waals surface area contributed by atoms with Gasteiger partial charge in [0.2, 0.25) is 0 Å². The first-order chi connectivity index (χ1) is 8.15. The molecule has 0 unspecified atom stereocenters. The lowest BCUT2D eigenvalue weighted by molar-refractivity contribution is 0.195. The molecule has 1 aliphatic heterocycles. The molecule has 1 aromatic rings. The van der Waals surface area contributed by atoms with Crippen LogP contribution in [0.25, 0.3) is 0 Å². The van der Waals surface area contributed by atoms with Gasteiger partial charge in [-0.2, -0.15) is 0 Å². The molecular formula is C12H16ClN3O. The first-order valence-electron chi connectivity index (χ1n) is 5.72. The van der Waals surface area contributed by atoms with Crippen LogP contribution in [0, 0.1) is 0 Å². The van der Waals surface area contributed by atoms with E-state index in [1.165, 1.54) is 0 Å². The molecule has 0 atom stereocenters. The molecule has 1 aliphatic rings. The summed E-state index contributed by atoms with van der Waals surface area (Å²) in [6.07, 6.45) is 1.74. The number of nitrogens with one attached hydrogen (secondary N) is 1. The van der Waals surface area contributed by atoms with Crippen LogP contribution in [-0.4, -0.2) is 30.1 Å². The fourth-order valence-electron chi connectivity index (χ4n) is 1.84. The third kappa shape index (κ3) is 3.35. The number of nitrogens with two attached hydrogens (primary N) is 1. The SMILES string of the molecule is NC1CCN(C(=O)Nc2ccc(Cl)cc2)CC1. The molecule has 0 aliphatic carbocycles. The third-order valence-corrected chi connectivity index (χ3v) is 3.17. The van der Waals surface area contributed by atoms with E-state index in [1.807, 2.05) is 0 Å². The largest absolute Gasteiger partial charge is 0.328 e. The molecule has 1 fully saturated rings. The highest BCUT2D eigenvalue weighted by Gasteiger charge is 2.20. The summed E-state index contributed by atoms with van der Waals surface area (Å²) < 4.78 is 0. The predicted octanol–water partition coefficient (Wildman–Crippen LogP) is 2.29. The Labute approximate surface area is 106 Å². The van der Waals surface area contributed by atoms with Crippen molar-refractivity contribution in [2.24, 2.45) is 5.73 Å². The predicted molar refractivity (Wildman–Crippen MR) is 69.3 cm³/mol. The maximum Gasteiger partial charge on any atom is 0.321 e. The van der Waals surface area contributed by atoms with Crippen molar-refractivity contribution in [3.05, 3.63) is 29.3 Å². The van der Waals surface area contributed by atoms with Crippen LogP contribution in [0.1, 0.15) is 12.8 Å². The van der Waals surface area contributed by atoms with E-state index in [-0.39, 0.29) is 12.1 Å². The number of urea groups is 1. The van der Waals surface area contributed by atoms with Crippen molar-refractivity contribution >= 4 is 23.3 Å². The molecule has 3 N–H and O–H groups in total. The van der Waals surface area contributed by atoms with Crippen LogP contribution in [0.4, 0.5) is 10.5 Å². The molecule has 0 spiro atoms. The van der Waals surface area contributed by atoms with Gasteiger partial charge in [0.25, 0.3) is 0 Å². The fourth-order valence-corrected chi connectivity index (χ4v) is 1.96. The van der Waals surface area contributed by atoms with Crippen molar-refractivity contribution in [3.8, 4) is 0 Å². The number of rotatable bonds is 1. The van der Waals surface area contributed by atoms with Crippen LogP contribution in [0.5, 0.6) is 0 Å². The van der Waals surface area contributed by atoms with Crippen LogP contribution in [0.3, 0.4) is 0 Å². The molecule has 0 saturated carbocycles. The van der Waals surface area contributed by atoms with Crippen molar-refractivity contribution in [2.45, 2.75) is 18.9 Å². The minimum atomic E-state index is -0.0702. The molecule has 1 saturated heterocycles. The maximum absolute atomic E-state index is 11.9. The smallest absolute Gasteiger partial charge is 0.321 e. The summed E-state index contributed by atoms with van der Waals surface area (Å²) in [5.74, 6) is 0. The second-order valence-corrected chi connectivity index (χ2v) is 4.70. The molecular weight excluding hydrogens is 238 g/mol. The second-order valence-electron chi connectivity index (χ2n) is 4.26. The van der Waals surface area contributed by atoms with Crippen molar-refractivity contribution in [3.63, 3.8) is 0 Å². The fraction of sp³-hybridized carbons (Fsp3) is 0.417. The van der Waals surface area contributed by atoms with Gasteiger partial charge in [-0.15, -0.1) is 0 Å². The topological polar surface area (TPSA) is 58.4 Å². The van der Waals surface area contributed by atoms with Gasteiger partial charge in [0.1, 0.15) is 0 Å². The number of halogens is 1. The Morgan fingerprint density at radius 2 is 1.88 bits per heavy atom. The Kier molecular flexibility index (Phi) is 3.86. The summed E-state index contributed by atoms with van der Waals surface area (Å²) in [7, 11) is 0. The summed E-state index contributed by atoms with van der Waals surface area (Å²) in [5.41, 5.74) is 6.55. The van der Waals surface area contributed by atoms with Crippen molar-refractivity contribution < 1.29 is 4.79 Å². The number of amides is 2. The Balaban J connectivity index is 1.90. The zero-order valence-electron chi connectivity index (χ0n) is 9.53. The molecule has 1 aromatic carbocycles. The first-order valence-corrected chi connectivity index (χ1v) is 6.10. The lowest BCUT2D eigenvalue weighted by Crippen LogP contribution is -2.44. The monoisotopic (exact) mass is 253 g/mol. The number of piperidine rings is 1. The number of anilines is 1. The lowest BCUT2D eigenvalue weighted by atomic mass is 10.1. The molecule has 17 heavy (non-hydrogen) atoms. The Morgan fingerprint density at radius 3 is 2.47 bits per heavy atom. The average molecular weight is 254 g/mol. The standard InChI is InChI=1S/C12H16ClN3O/c13-9-1-3-11(4-2-9)15-12(17)16-7-5-10(14)6-8-16/h1-4,10H,5-8,14H2,(H,15,17). The highest BCUT2D eigenvalue weighted by atomic mass is 35.5. The van der Waals surface area contributed by atoms with Gasteiger partial charge in [-0.25, -0.2) is 4.79 Å². The van der Waals surface area contributed by atoms with E-state index in [2.05, 4.69) is 5.32 Å². The molecule has 92 valence electrons. The number of benzene rings is 1. The van der Waals surface area contributed by atoms with E-state index in [9.17, 15) is 4.79 Å². The first kappa shape index (κ1) is 12.2. The van der Waals surface area contributed by atoms with Crippen molar-refractivity contribution in [2.75, 3.05) is 18.4 Å². The van der Waals surface area contributed by atoms with Gasteiger partial charge in [0.15, 0.2) is 0 Å². The van der Waals surface area contributed by atoms with Gasteiger partial charge in [0, 0.05) is 29.8 Å². The van der Waals surface area contributed by atoms with Gasteiger partial charge in [-0.3, -0.25) is 0 Å².